The number of anilines is 1. The van der Waals surface area contributed by atoms with Gasteiger partial charge in [0.15, 0.2) is 0 Å². The summed E-state index contributed by atoms with van der Waals surface area (Å²) in [5.41, 5.74) is 1.04. The van der Waals surface area contributed by atoms with Crippen LogP contribution in [0.1, 0.15) is 24.9 Å². The molecule has 0 atom stereocenters. The molecule has 1 aromatic heterocycles. The highest BCUT2D eigenvalue weighted by molar-refractivity contribution is 7.98. The topological polar surface area (TPSA) is 37.8 Å². The number of rotatable bonds is 6. The molecule has 2 rings (SSSR count). The molecule has 0 radical (unpaired) electrons. The van der Waals surface area contributed by atoms with Gasteiger partial charge in [0, 0.05) is 23.7 Å². The van der Waals surface area contributed by atoms with E-state index in [1.54, 1.807) is 17.8 Å². The number of halogens is 1. The van der Waals surface area contributed by atoms with Gasteiger partial charge in [-0.05, 0) is 24.6 Å². The van der Waals surface area contributed by atoms with Crippen molar-refractivity contribution in [2.45, 2.75) is 30.4 Å². The molecule has 1 aromatic carbocycles. The number of thioether (sulfide) groups is 1. The van der Waals surface area contributed by atoms with E-state index in [1.165, 1.54) is 12.1 Å². The largest absolute Gasteiger partial charge is 0.373 e. The smallest absolute Gasteiger partial charge is 0.141 e. The van der Waals surface area contributed by atoms with Crippen molar-refractivity contribution in [2.24, 2.45) is 0 Å². The summed E-state index contributed by atoms with van der Waals surface area (Å²) in [6.45, 7) is 2.13. The highest BCUT2D eigenvalue weighted by Gasteiger charge is 2.05. The first-order chi connectivity index (χ1) is 9.71. The van der Waals surface area contributed by atoms with Gasteiger partial charge in [0.2, 0.25) is 0 Å². The fourth-order valence-electron chi connectivity index (χ4n) is 1.83. The second kappa shape index (κ2) is 7.24. The Labute approximate surface area is 123 Å². The van der Waals surface area contributed by atoms with Crippen LogP contribution in [0.15, 0.2) is 35.2 Å². The summed E-state index contributed by atoms with van der Waals surface area (Å²) in [5.74, 6) is 2.02. The lowest BCUT2D eigenvalue weighted by Crippen LogP contribution is -2.02. The van der Waals surface area contributed by atoms with Crippen LogP contribution in [-0.2, 0) is 12.2 Å². The predicted molar refractivity (Wildman–Crippen MR) is 81.5 cm³/mol. The minimum absolute atomic E-state index is 0.216. The molecule has 0 aliphatic carbocycles. The zero-order chi connectivity index (χ0) is 14.4. The molecule has 20 heavy (non-hydrogen) atoms. The Morgan fingerprint density at radius 3 is 2.80 bits per heavy atom. The van der Waals surface area contributed by atoms with Crippen LogP contribution in [0.4, 0.5) is 10.2 Å². The van der Waals surface area contributed by atoms with Crippen LogP contribution in [0.3, 0.4) is 0 Å². The van der Waals surface area contributed by atoms with Crippen molar-refractivity contribution in [3.63, 3.8) is 0 Å². The second-order valence-corrected chi connectivity index (χ2v) is 5.46. The van der Waals surface area contributed by atoms with E-state index < -0.39 is 0 Å². The molecule has 0 aliphatic rings. The molecule has 0 bridgehead atoms. The van der Waals surface area contributed by atoms with E-state index in [-0.39, 0.29) is 5.82 Å². The Morgan fingerprint density at radius 2 is 2.10 bits per heavy atom. The average molecular weight is 291 g/mol. The third-order valence-electron chi connectivity index (χ3n) is 2.75. The Bertz CT molecular complexity index is 575. The molecule has 0 fully saturated rings. The molecule has 0 unspecified atom stereocenters. The summed E-state index contributed by atoms with van der Waals surface area (Å²) in [6.07, 6.45) is 1.99. The van der Waals surface area contributed by atoms with Gasteiger partial charge >= 0.3 is 0 Å². The van der Waals surface area contributed by atoms with Crippen molar-refractivity contribution in [2.75, 3.05) is 12.4 Å². The summed E-state index contributed by atoms with van der Waals surface area (Å²) >= 11 is 1.54. The number of hydrogen-bond donors (Lipinski definition) is 1. The minimum atomic E-state index is -0.216. The van der Waals surface area contributed by atoms with E-state index in [1.807, 2.05) is 19.2 Å². The Morgan fingerprint density at radius 1 is 1.25 bits per heavy atom. The van der Waals surface area contributed by atoms with Crippen LogP contribution < -0.4 is 5.32 Å². The zero-order valence-corrected chi connectivity index (χ0v) is 12.5. The van der Waals surface area contributed by atoms with E-state index in [4.69, 9.17) is 0 Å². The molecule has 5 heteroatoms. The molecule has 3 nitrogen and oxygen atoms in total. The molecule has 0 spiro atoms. The first-order valence-corrected chi connectivity index (χ1v) is 7.62. The van der Waals surface area contributed by atoms with Gasteiger partial charge in [-0.25, -0.2) is 14.4 Å². The van der Waals surface area contributed by atoms with E-state index in [9.17, 15) is 4.39 Å². The van der Waals surface area contributed by atoms with Gasteiger partial charge in [-0.15, -0.1) is 11.8 Å². The maximum atomic E-state index is 13.1. The van der Waals surface area contributed by atoms with Gasteiger partial charge in [-0.1, -0.05) is 19.4 Å². The lowest BCUT2D eigenvalue weighted by molar-refractivity contribution is 0.624. The normalized spacial score (nSPS) is 10.6. The molecule has 1 N–H and O–H groups in total. The summed E-state index contributed by atoms with van der Waals surface area (Å²) in [7, 11) is 1.85. The molecule has 106 valence electrons. The highest BCUT2D eigenvalue weighted by atomic mass is 32.2. The minimum Gasteiger partial charge on any atom is -0.373 e. The molecule has 0 amide bonds. The van der Waals surface area contributed by atoms with Gasteiger partial charge in [-0.2, -0.15) is 0 Å². The number of benzene rings is 1. The Balaban J connectivity index is 2.10. The van der Waals surface area contributed by atoms with Crippen LogP contribution >= 0.6 is 11.8 Å². The maximum Gasteiger partial charge on any atom is 0.141 e. The Kier molecular flexibility index (Phi) is 5.35. The van der Waals surface area contributed by atoms with Gasteiger partial charge < -0.3 is 5.32 Å². The van der Waals surface area contributed by atoms with Crippen molar-refractivity contribution < 1.29 is 4.39 Å². The van der Waals surface area contributed by atoms with Crippen molar-refractivity contribution in [3.8, 4) is 0 Å². The molecule has 0 saturated carbocycles. The molecular weight excluding hydrogens is 273 g/mol. The predicted octanol–water partition coefficient (Wildman–Crippen LogP) is 3.90. The number of nitrogens with one attached hydrogen (secondary N) is 1. The number of aryl methyl sites for hydroxylation is 1. The lowest BCUT2D eigenvalue weighted by Gasteiger charge is -2.07. The highest BCUT2D eigenvalue weighted by Crippen LogP contribution is 2.22. The maximum absolute atomic E-state index is 13.1. The first-order valence-electron chi connectivity index (χ1n) is 6.64. The fourth-order valence-corrected chi connectivity index (χ4v) is 2.63. The van der Waals surface area contributed by atoms with Crippen LogP contribution in [0, 0.1) is 5.82 Å². The van der Waals surface area contributed by atoms with Crippen molar-refractivity contribution in [1.82, 2.24) is 9.97 Å². The summed E-state index contributed by atoms with van der Waals surface area (Å²) in [4.78, 5) is 9.87. The quantitative estimate of drug-likeness (QED) is 0.819. The lowest BCUT2D eigenvalue weighted by atomic mass is 10.2. The SMILES string of the molecule is CCCc1cc(NC)nc(CSc2cccc(F)c2)n1. The third kappa shape index (κ3) is 4.20. The molecule has 1 heterocycles. The third-order valence-corrected chi connectivity index (χ3v) is 3.74. The molecule has 0 aliphatic heterocycles. The van der Waals surface area contributed by atoms with Crippen LogP contribution in [0.2, 0.25) is 0 Å². The van der Waals surface area contributed by atoms with E-state index in [2.05, 4.69) is 22.2 Å². The van der Waals surface area contributed by atoms with Crippen LogP contribution in [0.25, 0.3) is 0 Å². The number of hydrogen-bond acceptors (Lipinski definition) is 4. The summed E-state index contributed by atoms with van der Waals surface area (Å²) in [5, 5.41) is 3.05. The first kappa shape index (κ1) is 14.8. The summed E-state index contributed by atoms with van der Waals surface area (Å²) in [6, 6.07) is 8.55. The van der Waals surface area contributed by atoms with Gasteiger partial charge in [-0.3, -0.25) is 0 Å². The monoisotopic (exact) mass is 291 g/mol. The fraction of sp³-hybridized carbons (Fsp3) is 0.333. The molecule has 2 aromatic rings. The van der Waals surface area contributed by atoms with E-state index >= 15 is 0 Å². The zero-order valence-electron chi connectivity index (χ0n) is 11.7. The summed E-state index contributed by atoms with van der Waals surface area (Å²) < 4.78 is 13.1. The average Bonchev–Trinajstić information content (AvgIpc) is 2.45. The van der Waals surface area contributed by atoms with Gasteiger partial charge in [0.1, 0.15) is 17.5 Å². The van der Waals surface area contributed by atoms with Gasteiger partial charge in [0.05, 0.1) is 5.75 Å². The van der Waals surface area contributed by atoms with Gasteiger partial charge in [0.25, 0.3) is 0 Å². The van der Waals surface area contributed by atoms with E-state index in [0.29, 0.717) is 5.75 Å². The number of nitrogens with zero attached hydrogens (tertiary/aromatic N) is 2. The molecular formula is C15H18FN3S. The number of aromatic nitrogens is 2. The van der Waals surface area contributed by atoms with Crippen LogP contribution in [-0.4, -0.2) is 17.0 Å². The second-order valence-electron chi connectivity index (χ2n) is 4.41. The Hall–Kier alpha value is -1.62. The van der Waals surface area contributed by atoms with Crippen molar-refractivity contribution >= 4 is 17.6 Å². The standard InChI is InChI=1S/C15H18FN3S/c1-3-5-12-9-14(17-2)19-15(18-12)10-20-13-7-4-6-11(16)8-13/h4,6-9H,3,5,10H2,1-2H3,(H,17,18,19). The van der Waals surface area contributed by atoms with Crippen molar-refractivity contribution in [1.29, 1.82) is 0 Å². The van der Waals surface area contributed by atoms with E-state index in [0.717, 1.165) is 35.1 Å². The van der Waals surface area contributed by atoms with Crippen LogP contribution in [0.5, 0.6) is 0 Å². The van der Waals surface area contributed by atoms with Crippen molar-refractivity contribution in [3.05, 3.63) is 47.7 Å². The molecule has 0 saturated heterocycles.